The van der Waals surface area contributed by atoms with Crippen LogP contribution in [0, 0.1) is 19.8 Å². The molecule has 0 aliphatic carbocycles. The van der Waals surface area contributed by atoms with Crippen LogP contribution in [0.25, 0.3) is 0 Å². The monoisotopic (exact) mass is 357 g/mol. The molecule has 26 heavy (non-hydrogen) atoms. The molecule has 0 radical (unpaired) electrons. The number of hydrogen-bond donors (Lipinski definition) is 0. The van der Waals surface area contributed by atoms with Crippen molar-refractivity contribution in [1.29, 1.82) is 0 Å². The molecule has 0 N–H and O–H groups in total. The van der Waals surface area contributed by atoms with Gasteiger partial charge in [0.15, 0.2) is 11.8 Å². The van der Waals surface area contributed by atoms with Crippen molar-refractivity contribution in [3.05, 3.63) is 29.3 Å². The predicted octanol–water partition coefficient (Wildman–Crippen LogP) is 0.943. The summed E-state index contributed by atoms with van der Waals surface area (Å²) >= 11 is 0. The molecule has 0 spiro atoms. The number of imide groups is 1. The van der Waals surface area contributed by atoms with E-state index < -0.39 is 35.7 Å². The molecule has 2 aliphatic heterocycles. The van der Waals surface area contributed by atoms with Crippen molar-refractivity contribution < 1.29 is 23.9 Å². The molecular formula is C18H19N3O5. The molecule has 8 nitrogen and oxygen atoms in total. The minimum absolute atomic E-state index is 0.0956. The first kappa shape index (κ1) is 17.8. The van der Waals surface area contributed by atoms with E-state index in [1.165, 1.54) is 6.92 Å². The highest BCUT2D eigenvalue weighted by atomic mass is 16.5. The molecule has 1 aromatic carbocycles. The maximum atomic E-state index is 13.0. The van der Waals surface area contributed by atoms with Gasteiger partial charge in [0.1, 0.15) is 5.92 Å². The van der Waals surface area contributed by atoms with Gasteiger partial charge in [0.05, 0.1) is 12.3 Å². The largest absolute Gasteiger partial charge is 0.461 e. The van der Waals surface area contributed by atoms with Crippen molar-refractivity contribution in [3.63, 3.8) is 0 Å². The topological polar surface area (TPSA) is 96.3 Å². The number of carbonyl (C=O) groups is 4. The lowest BCUT2D eigenvalue weighted by Gasteiger charge is -2.19. The SMILES string of the molecule is CCOC(=O)C1=NN(C(C)=O)C2C(=O)N(c3ccc(C)c(C)c3)C(=O)C12. The Bertz CT molecular complexity index is 860. The summed E-state index contributed by atoms with van der Waals surface area (Å²) < 4.78 is 4.93. The summed E-state index contributed by atoms with van der Waals surface area (Å²) in [5, 5.41) is 4.81. The zero-order chi connectivity index (χ0) is 19.2. The molecule has 2 unspecified atom stereocenters. The second-order valence-electron chi connectivity index (χ2n) is 6.27. The van der Waals surface area contributed by atoms with Crippen molar-refractivity contribution in [2.45, 2.75) is 33.7 Å². The third-order valence-corrected chi connectivity index (χ3v) is 4.61. The average molecular weight is 357 g/mol. The number of aryl methyl sites for hydroxylation is 2. The number of amides is 3. The Morgan fingerprint density at radius 3 is 2.42 bits per heavy atom. The van der Waals surface area contributed by atoms with Crippen LogP contribution in [0.3, 0.4) is 0 Å². The lowest BCUT2D eigenvalue weighted by atomic mass is 9.98. The molecule has 3 amide bonds. The van der Waals surface area contributed by atoms with Crippen molar-refractivity contribution in [2.24, 2.45) is 11.0 Å². The van der Waals surface area contributed by atoms with E-state index in [0.29, 0.717) is 5.69 Å². The Morgan fingerprint density at radius 1 is 1.15 bits per heavy atom. The molecule has 2 heterocycles. The minimum Gasteiger partial charge on any atom is -0.461 e. The van der Waals surface area contributed by atoms with Gasteiger partial charge < -0.3 is 4.74 Å². The van der Waals surface area contributed by atoms with Crippen LogP contribution in [0.4, 0.5) is 5.69 Å². The number of ether oxygens (including phenoxy) is 1. The number of hydrogen-bond acceptors (Lipinski definition) is 6. The van der Waals surface area contributed by atoms with Crippen molar-refractivity contribution >= 4 is 35.1 Å². The number of esters is 1. The number of carbonyl (C=O) groups excluding carboxylic acids is 4. The summed E-state index contributed by atoms with van der Waals surface area (Å²) in [7, 11) is 0. The maximum Gasteiger partial charge on any atom is 0.355 e. The number of hydrazone groups is 1. The van der Waals surface area contributed by atoms with Crippen LogP contribution in [-0.4, -0.2) is 47.1 Å². The van der Waals surface area contributed by atoms with Gasteiger partial charge in [0, 0.05) is 6.92 Å². The fourth-order valence-electron chi connectivity index (χ4n) is 3.17. The van der Waals surface area contributed by atoms with Gasteiger partial charge in [-0.05, 0) is 44.0 Å². The van der Waals surface area contributed by atoms with Crippen molar-refractivity contribution in [2.75, 3.05) is 11.5 Å². The third-order valence-electron chi connectivity index (χ3n) is 4.61. The minimum atomic E-state index is -1.15. The van der Waals surface area contributed by atoms with Crippen molar-refractivity contribution in [3.8, 4) is 0 Å². The first-order chi connectivity index (χ1) is 12.3. The van der Waals surface area contributed by atoms with E-state index in [-0.39, 0.29) is 12.3 Å². The second kappa shape index (κ2) is 6.36. The van der Waals surface area contributed by atoms with Gasteiger partial charge in [-0.2, -0.15) is 5.10 Å². The molecule has 3 rings (SSSR count). The highest BCUT2D eigenvalue weighted by Gasteiger charge is 2.59. The van der Waals surface area contributed by atoms with Crippen molar-refractivity contribution in [1.82, 2.24) is 5.01 Å². The summed E-state index contributed by atoms with van der Waals surface area (Å²) in [5.41, 5.74) is 2.14. The van der Waals surface area contributed by atoms with Gasteiger partial charge in [0.25, 0.3) is 5.91 Å². The van der Waals surface area contributed by atoms with Gasteiger partial charge in [-0.15, -0.1) is 0 Å². The van der Waals surface area contributed by atoms with E-state index in [1.54, 1.807) is 19.1 Å². The van der Waals surface area contributed by atoms with Gasteiger partial charge >= 0.3 is 5.97 Å². The van der Waals surface area contributed by atoms with Crippen LogP contribution < -0.4 is 4.90 Å². The predicted molar refractivity (Wildman–Crippen MR) is 92.3 cm³/mol. The van der Waals surface area contributed by atoms with Crippen LogP contribution >= 0.6 is 0 Å². The molecule has 2 aliphatic rings. The number of anilines is 1. The zero-order valence-electron chi connectivity index (χ0n) is 15.0. The van der Waals surface area contributed by atoms with Gasteiger partial charge in [-0.3, -0.25) is 14.4 Å². The fraction of sp³-hybridized carbons (Fsp3) is 0.389. The zero-order valence-corrected chi connectivity index (χ0v) is 15.0. The van der Waals surface area contributed by atoms with E-state index in [2.05, 4.69) is 5.10 Å². The molecule has 8 heteroatoms. The quantitative estimate of drug-likeness (QED) is 0.593. The Kier molecular flexibility index (Phi) is 4.35. The first-order valence-corrected chi connectivity index (χ1v) is 8.28. The Hall–Kier alpha value is -3.03. The van der Waals surface area contributed by atoms with Gasteiger partial charge in [-0.25, -0.2) is 14.7 Å². The molecule has 1 aromatic rings. The molecule has 1 saturated heterocycles. The first-order valence-electron chi connectivity index (χ1n) is 8.28. The van der Waals surface area contributed by atoms with Crippen LogP contribution in [0.1, 0.15) is 25.0 Å². The van der Waals surface area contributed by atoms with E-state index in [1.807, 2.05) is 19.9 Å². The highest BCUT2D eigenvalue weighted by Crippen LogP contribution is 2.36. The van der Waals surface area contributed by atoms with E-state index in [0.717, 1.165) is 21.0 Å². The summed E-state index contributed by atoms with van der Waals surface area (Å²) in [4.78, 5) is 51.0. The molecule has 0 bridgehead atoms. The molecule has 0 saturated carbocycles. The summed E-state index contributed by atoms with van der Waals surface area (Å²) in [6, 6.07) is 4.05. The van der Waals surface area contributed by atoms with Crippen LogP contribution in [0.15, 0.2) is 23.3 Å². The molecule has 2 atom stereocenters. The third kappa shape index (κ3) is 2.58. The summed E-state index contributed by atoms with van der Waals surface area (Å²) in [5.74, 6) is -3.64. The van der Waals surface area contributed by atoms with Gasteiger partial charge in [-0.1, -0.05) is 6.07 Å². The normalized spacial score (nSPS) is 21.8. The molecule has 1 fully saturated rings. The number of rotatable bonds is 3. The molecular weight excluding hydrogens is 338 g/mol. The Morgan fingerprint density at radius 2 is 1.85 bits per heavy atom. The smallest absolute Gasteiger partial charge is 0.355 e. The summed E-state index contributed by atoms with van der Waals surface area (Å²) in [6.45, 7) is 6.74. The Balaban J connectivity index is 2.05. The van der Waals surface area contributed by atoms with Gasteiger partial charge in [0.2, 0.25) is 11.8 Å². The van der Waals surface area contributed by atoms with Crippen LogP contribution in [-0.2, 0) is 23.9 Å². The highest BCUT2D eigenvalue weighted by molar-refractivity contribution is 6.47. The number of nitrogens with zero attached hydrogens (tertiary/aromatic N) is 3. The number of fused-ring (bicyclic) bond motifs is 1. The molecule has 0 aromatic heterocycles. The maximum absolute atomic E-state index is 13.0. The van der Waals surface area contributed by atoms with Crippen LogP contribution in [0.5, 0.6) is 0 Å². The van der Waals surface area contributed by atoms with E-state index >= 15 is 0 Å². The molecule has 136 valence electrons. The van der Waals surface area contributed by atoms with E-state index in [4.69, 9.17) is 4.74 Å². The number of benzene rings is 1. The fourth-order valence-corrected chi connectivity index (χ4v) is 3.17. The Labute approximate surface area is 150 Å². The lowest BCUT2D eigenvalue weighted by molar-refractivity contribution is -0.136. The lowest BCUT2D eigenvalue weighted by Crippen LogP contribution is -2.41. The average Bonchev–Trinajstić information content (AvgIpc) is 3.09. The standard InChI is InChI=1S/C18H19N3O5/c1-5-26-18(25)14-13-15(21(19-14)11(4)22)17(24)20(16(13)23)12-7-6-9(2)10(3)8-12/h6-8,13,15H,5H2,1-4H3. The van der Waals surface area contributed by atoms with E-state index in [9.17, 15) is 19.2 Å². The van der Waals surface area contributed by atoms with Crippen LogP contribution in [0.2, 0.25) is 0 Å². The summed E-state index contributed by atoms with van der Waals surface area (Å²) in [6.07, 6.45) is 0. The second-order valence-corrected chi connectivity index (χ2v) is 6.27.